The van der Waals surface area contributed by atoms with Gasteiger partial charge in [0.1, 0.15) is 11.6 Å². The fraction of sp³-hybridized carbons (Fsp3) is 0.0714. The molecule has 126 valence electrons. The second kappa shape index (κ2) is 6.52. The van der Waals surface area contributed by atoms with Crippen molar-refractivity contribution < 1.29 is 30.8 Å². The molecule has 0 aliphatic rings. The van der Waals surface area contributed by atoms with Crippen LogP contribution in [0.3, 0.4) is 0 Å². The molecule has 0 saturated carbocycles. The molecule has 0 saturated heterocycles. The van der Waals surface area contributed by atoms with Crippen LogP contribution in [0.5, 0.6) is 5.75 Å². The van der Waals surface area contributed by atoms with Crippen molar-refractivity contribution in [2.75, 3.05) is 7.11 Å². The van der Waals surface area contributed by atoms with Gasteiger partial charge >= 0.3 is 4.38 Å². The number of methoxy groups -OCH3 is 1. The quantitative estimate of drug-likeness (QED) is 0.268. The van der Waals surface area contributed by atoms with Gasteiger partial charge in [-0.1, -0.05) is 0 Å². The third-order valence-corrected chi connectivity index (χ3v) is 7.22. The van der Waals surface area contributed by atoms with Gasteiger partial charge in [0, 0.05) is 0 Å². The lowest BCUT2D eigenvalue weighted by Crippen LogP contribution is -2.26. The van der Waals surface area contributed by atoms with Crippen molar-refractivity contribution in [2.24, 2.45) is 0 Å². The molecule has 0 radical (unpaired) electrons. The Morgan fingerprint density at radius 1 is 0.917 bits per heavy atom. The lowest BCUT2D eigenvalue weighted by atomic mass is 10.3. The first-order chi connectivity index (χ1) is 11.2. The Balaban J connectivity index is 2.57. The van der Waals surface area contributed by atoms with Crippen molar-refractivity contribution in [3.05, 3.63) is 59.9 Å². The average molecular weight is 370 g/mol. The van der Waals surface area contributed by atoms with Crippen LogP contribution in [-0.4, -0.2) is 33.1 Å². The summed E-state index contributed by atoms with van der Waals surface area (Å²) in [4.78, 5) is 1.54. The minimum atomic E-state index is -4.68. The van der Waals surface area contributed by atoms with Gasteiger partial charge in [-0.3, -0.25) is 0 Å². The topological polar surface area (TPSA) is 114 Å². The van der Waals surface area contributed by atoms with E-state index in [9.17, 15) is 21.2 Å². The predicted molar refractivity (Wildman–Crippen MR) is 82.4 cm³/mol. The minimum Gasteiger partial charge on any atom is -0.497 e. The molecule has 24 heavy (non-hydrogen) atoms. The summed E-state index contributed by atoms with van der Waals surface area (Å²) in [6, 6.07) is 8.29. The largest absolute Gasteiger partial charge is 0.504 e. The van der Waals surface area contributed by atoms with Crippen LogP contribution in [0.25, 0.3) is 5.53 Å². The standard InChI is InChI=1S/C14H11FN2O5S2/c1-22-11-4-8-13(9-5-11)24(20,21)14(17-16)23(18,19)12-6-2-10(15)3-7-12/h2-9H,1H3. The highest BCUT2D eigenvalue weighted by molar-refractivity contribution is 8.31. The third-order valence-electron chi connectivity index (χ3n) is 3.04. The molecule has 0 aromatic heterocycles. The average Bonchev–Trinajstić information content (AvgIpc) is 2.55. The maximum Gasteiger partial charge on any atom is 0.504 e. The Labute approximate surface area is 137 Å². The fourth-order valence-corrected chi connectivity index (χ4v) is 5.16. The molecule has 0 heterocycles. The first-order valence-electron chi connectivity index (χ1n) is 6.35. The minimum absolute atomic E-state index is 0.359. The summed E-state index contributed by atoms with van der Waals surface area (Å²) in [5.74, 6) is -0.340. The monoisotopic (exact) mass is 370 g/mol. The molecule has 10 heteroatoms. The van der Waals surface area contributed by atoms with Crippen LogP contribution in [-0.2, 0) is 19.7 Å². The van der Waals surface area contributed by atoms with E-state index >= 15 is 0 Å². The van der Waals surface area contributed by atoms with E-state index in [0.717, 1.165) is 36.4 Å². The molecule has 0 amide bonds. The van der Waals surface area contributed by atoms with E-state index in [0.29, 0.717) is 5.75 Å². The molecule has 2 rings (SSSR count). The van der Waals surface area contributed by atoms with Crippen LogP contribution in [0.4, 0.5) is 4.39 Å². The molecule has 0 aliphatic carbocycles. The second-order valence-corrected chi connectivity index (χ2v) is 8.49. The predicted octanol–water partition coefficient (Wildman–Crippen LogP) is 1.67. The van der Waals surface area contributed by atoms with Crippen molar-refractivity contribution in [2.45, 2.75) is 9.79 Å². The lowest BCUT2D eigenvalue weighted by molar-refractivity contribution is 0.00380. The third kappa shape index (κ3) is 3.21. The zero-order valence-corrected chi connectivity index (χ0v) is 13.9. The summed E-state index contributed by atoms with van der Waals surface area (Å²) in [5, 5.41) is 0. The molecule has 2 aromatic carbocycles. The van der Waals surface area contributed by atoms with Crippen molar-refractivity contribution in [3.8, 4) is 5.75 Å². The molecular formula is C14H11FN2O5S2. The Bertz CT molecular complexity index is 1010. The van der Waals surface area contributed by atoms with Gasteiger partial charge in [-0.15, -0.1) is 4.79 Å². The molecule has 0 bridgehead atoms. The van der Waals surface area contributed by atoms with E-state index in [1.54, 1.807) is 0 Å². The Morgan fingerprint density at radius 3 is 1.71 bits per heavy atom. The van der Waals surface area contributed by atoms with Gasteiger partial charge in [-0.25, -0.2) is 21.2 Å². The van der Waals surface area contributed by atoms with E-state index in [4.69, 9.17) is 10.3 Å². The first-order valence-corrected chi connectivity index (χ1v) is 9.32. The summed E-state index contributed by atoms with van der Waals surface area (Å²) in [7, 11) is -7.93. The lowest BCUT2D eigenvalue weighted by Gasteiger charge is -2.04. The molecule has 0 atom stereocenters. The van der Waals surface area contributed by atoms with Crippen molar-refractivity contribution >= 4 is 24.1 Å². The van der Waals surface area contributed by atoms with E-state index < -0.39 is 39.7 Å². The Morgan fingerprint density at radius 2 is 1.33 bits per heavy atom. The van der Waals surface area contributed by atoms with Gasteiger partial charge in [0.25, 0.3) is 19.7 Å². The van der Waals surface area contributed by atoms with E-state index in [1.165, 1.54) is 19.2 Å². The van der Waals surface area contributed by atoms with E-state index in [2.05, 4.69) is 4.79 Å². The van der Waals surface area contributed by atoms with Crippen LogP contribution in [0.2, 0.25) is 0 Å². The zero-order chi connectivity index (χ0) is 18.0. The maximum atomic E-state index is 12.9. The molecule has 0 N–H and O–H groups in total. The van der Waals surface area contributed by atoms with Gasteiger partial charge in [0.2, 0.25) is 0 Å². The van der Waals surface area contributed by atoms with Gasteiger partial charge in [0.15, 0.2) is 0 Å². The molecule has 2 aromatic rings. The molecule has 7 nitrogen and oxygen atoms in total. The van der Waals surface area contributed by atoms with Crippen LogP contribution < -0.4 is 4.74 Å². The Hall–Kier alpha value is -2.55. The molecule has 0 aliphatic heterocycles. The van der Waals surface area contributed by atoms with Gasteiger partial charge < -0.3 is 10.3 Å². The molecular weight excluding hydrogens is 359 g/mol. The maximum absolute atomic E-state index is 12.9. The van der Waals surface area contributed by atoms with Gasteiger partial charge in [-0.05, 0) is 48.5 Å². The SMILES string of the molecule is COc1ccc(S(=O)(=O)C(=[N+]=[N-])S(=O)(=O)c2ccc(F)cc2)cc1. The summed E-state index contributed by atoms with van der Waals surface area (Å²) >= 11 is 0. The smallest absolute Gasteiger partial charge is 0.497 e. The van der Waals surface area contributed by atoms with Crippen molar-refractivity contribution in [1.82, 2.24) is 0 Å². The van der Waals surface area contributed by atoms with Crippen LogP contribution >= 0.6 is 0 Å². The van der Waals surface area contributed by atoms with Gasteiger partial charge in [-0.2, -0.15) is 0 Å². The van der Waals surface area contributed by atoms with Crippen molar-refractivity contribution in [3.63, 3.8) is 0 Å². The molecule has 0 unspecified atom stereocenters. The summed E-state index contributed by atoms with van der Waals surface area (Å²) in [6.07, 6.45) is 0. The summed E-state index contributed by atoms with van der Waals surface area (Å²) in [6.45, 7) is 0. The second-order valence-electron chi connectivity index (χ2n) is 4.50. The molecule has 0 spiro atoms. The highest BCUT2D eigenvalue weighted by Crippen LogP contribution is 2.22. The van der Waals surface area contributed by atoms with Crippen LogP contribution in [0, 0.1) is 5.82 Å². The normalized spacial score (nSPS) is 11.6. The molecule has 0 fully saturated rings. The summed E-state index contributed by atoms with van der Waals surface area (Å²) < 4.78 is 66.1. The number of benzene rings is 2. The zero-order valence-electron chi connectivity index (χ0n) is 12.2. The number of halogens is 1. The van der Waals surface area contributed by atoms with Crippen LogP contribution in [0.1, 0.15) is 0 Å². The number of ether oxygens (including phenoxy) is 1. The highest BCUT2D eigenvalue weighted by atomic mass is 32.3. The van der Waals surface area contributed by atoms with Crippen LogP contribution in [0.15, 0.2) is 58.3 Å². The highest BCUT2D eigenvalue weighted by Gasteiger charge is 2.43. The van der Waals surface area contributed by atoms with Gasteiger partial charge in [0.05, 0.1) is 16.9 Å². The first kappa shape index (κ1) is 17.8. The van der Waals surface area contributed by atoms with Crippen molar-refractivity contribution in [1.29, 1.82) is 0 Å². The number of nitrogens with zero attached hydrogens (tertiary/aromatic N) is 2. The number of hydrogen-bond donors (Lipinski definition) is 0. The fourth-order valence-electron chi connectivity index (χ4n) is 1.82. The number of sulfone groups is 2. The van der Waals surface area contributed by atoms with E-state index in [-0.39, 0.29) is 0 Å². The number of rotatable bonds is 3. The van der Waals surface area contributed by atoms with E-state index in [1.807, 2.05) is 0 Å². The Kier molecular flexibility index (Phi) is 4.83. The summed E-state index contributed by atoms with van der Waals surface area (Å²) in [5.41, 5.74) is 9.01. The number of hydrogen-bond acceptors (Lipinski definition) is 5.